The van der Waals surface area contributed by atoms with Crippen LogP contribution in [-0.4, -0.2) is 21.2 Å². The summed E-state index contributed by atoms with van der Waals surface area (Å²) in [6, 6.07) is 6.61. The molecule has 4 nitrogen and oxygen atoms in total. The van der Waals surface area contributed by atoms with E-state index in [1.54, 1.807) is 18.2 Å². The van der Waals surface area contributed by atoms with Crippen LogP contribution in [0.4, 0.5) is 0 Å². The number of aldehydes is 1. The standard InChI is InChI=1S/C10H7ClN2O2/c11-10-7(6-14)5-12-13(10)8-3-1-2-4-9(8)15/h1-6,15H. The van der Waals surface area contributed by atoms with Gasteiger partial charge in [-0.2, -0.15) is 5.10 Å². The Kier molecular flexibility index (Phi) is 2.43. The summed E-state index contributed by atoms with van der Waals surface area (Å²) in [7, 11) is 0. The minimum Gasteiger partial charge on any atom is -0.506 e. The molecular weight excluding hydrogens is 216 g/mol. The highest BCUT2D eigenvalue weighted by Gasteiger charge is 2.11. The van der Waals surface area contributed by atoms with Gasteiger partial charge in [-0.05, 0) is 12.1 Å². The first-order valence-electron chi connectivity index (χ1n) is 4.21. The second kappa shape index (κ2) is 3.74. The smallest absolute Gasteiger partial charge is 0.154 e. The largest absolute Gasteiger partial charge is 0.506 e. The highest BCUT2D eigenvalue weighted by atomic mass is 35.5. The number of phenols is 1. The van der Waals surface area contributed by atoms with Crippen molar-refractivity contribution < 1.29 is 9.90 Å². The summed E-state index contributed by atoms with van der Waals surface area (Å²) in [4.78, 5) is 10.6. The molecule has 0 atom stereocenters. The fraction of sp³-hybridized carbons (Fsp3) is 0. The van der Waals surface area contributed by atoms with E-state index in [1.807, 2.05) is 0 Å². The highest BCUT2D eigenvalue weighted by molar-refractivity contribution is 6.32. The third-order valence-corrected chi connectivity index (χ3v) is 2.35. The Balaban J connectivity index is 2.59. The van der Waals surface area contributed by atoms with Crippen LogP contribution in [0, 0.1) is 0 Å². The lowest BCUT2D eigenvalue weighted by molar-refractivity contribution is 0.112. The Hall–Kier alpha value is -1.81. The third kappa shape index (κ3) is 1.59. The molecule has 15 heavy (non-hydrogen) atoms. The number of benzene rings is 1. The summed E-state index contributed by atoms with van der Waals surface area (Å²) in [5.41, 5.74) is 0.732. The molecule has 0 bridgehead atoms. The van der Waals surface area contributed by atoms with Gasteiger partial charge in [-0.15, -0.1) is 0 Å². The van der Waals surface area contributed by atoms with E-state index in [2.05, 4.69) is 5.10 Å². The van der Waals surface area contributed by atoms with E-state index in [9.17, 15) is 9.90 Å². The van der Waals surface area contributed by atoms with Gasteiger partial charge in [0.2, 0.25) is 0 Å². The maximum atomic E-state index is 10.6. The summed E-state index contributed by atoms with van der Waals surface area (Å²) in [5, 5.41) is 13.7. The molecule has 1 heterocycles. The van der Waals surface area contributed by atoms with Gasteiger partial charge in [0, 0.05) is 0 Å². The number of aromatic hydroxyl groups is 1. The third-order valence-electron chi connectivity index (χ3n) is 1.97. The van der Waals surface area contributed by atoms with E-state index in [1.165, 1.54) is 16.9 Å². The Labute approximate surface area is 90.7 Å². The first kappa shape index (κ1) is 9.73. The summed E-state index contributed by atoms with van der Waals surface area (Å²) in [6.07, 6.45) is 1.97. The number of hydrogen-bond acceptors (Lipinski definition) is 3. The number of phenolic OH excluding ortho intramolecular Hbond substituents is 1. The van der Waals surface area contributed by atoms with Gasteiger partial charge in [-0.1, -0.05) is 23.7 Å². The van der Waals surface area contributed by atoms with Crippen molar-refractivity contribution in [3.05, 3.63) is 41.2 Å². The van der Waals surface area contributed by atoms with E-state index >= 15 is 0 Å². The maximum absolute atomic E-state index is 10.6. The number of aromatic nitrogens is 2. The number of rotatable bonds is 2. The van der Waals surface area contributed by atoms with Gasteiger partial charge in [0.05, 0.1) is 11.8 Å². The number of nitrogens with zero attached hydrogens (tertiary/aromatic N) is 2. The van der Waals surface area contributed by atoms with E-state index in [4.69, 9.17) is 11.6 Å². The van der Waals surface area contributed by atoms with Crippen molar-refractivity contribution in [3.63, 3.8) is 0 Å². The van der Waals surface area contributed by atoms with Crippen molar-refractivity contribution >= 4 is 17.9 Å². The van der Waals surface area contributed by atoms with Gasteiger partial charge in [-0.25, -0.2) is 4.68 Å². The monoisotopic (exact) mass is 222 g/mol. The zero-order valence-electron chi connectivity index (χ0n) is 7.59. The number of halogens is 1. The topological polar surface area (TPSA) is 55.1 Å². The molecule has 2 rings (SSSR count). The molecular formula is C10H7ClN2O2. The predicted molar refractivity (Wildman–Crippen MR) is 55.6 cm³/mol. The zero-order valence-corrected chi connectivity index (χ0v) is 8.35. The summed E-state index contributed by atoms with van der Waals surface area (Å²) in [5.74, 6) is 0.0555. The Morgan fingerprint density at radius 2 is 2.13 bits per heavy atom. The van der Waals surface area contributed by atoms with Crippen LogP contribution in [-0.2, 0) is 0 Å². The first-order chi connectivity index (χ1) is 7.24. The molecule has 1 N–H and O–H groups in total. The number of carbonyl (C=O) groups excluding carboxylic acids is 1. The second-order valence-electron chi connectivity index (χ2n) is 2.91. The molecule has 0 saturated carbocycles. The normalized spacial score (nSPS) is 10.2. The summed E-state index contributed by atoms with van der Waals surface area (Å²) < 4.78 is 1.31. The predicted octanol–water partition coefficient (Wildman–Crippen LogP) is 2.04. The molecule has 1 aromatic carbocycles. The van der Waals surface area contributed by atoms with Gasteiger partial charge in [0.1, 0.15) is 16.6 Å². The Bertz CT molecular complexity index is 508. The lowest BCUT2D eigenvalue weighted by atomic mass is 10.3. The Morgan fingerprint density at radius 1 is 1.40 bits per heavy atom. The SMILES string of the molecule is O=Cc1cnn(-c2ccccc2O)c1Cl. The van der Waals surface area contributed by atoms with Crippen molar-refractivity contribution in [2.45, 2.75) is 0 Å². The molecule has 0 aliphatic heterocycles. The fourth-order valence-corrected chi connectivity index (χ4v) is 1.46. The van der Waals surface area contributed by atoms with Crippen LogP contribution in [0.15, 0.2) is 30.5 Å². The maximum Gasteiger partial charge on any atom is 0.154 e. The molecule has 5 heteroatoms. The van der Waals surface area contributed by atoms with Crippen LogP contribution in [0.25, 0.3) is 5.69 Å². The average molecular weight is 223 g/mol. The van der Waals surface area contributed by atoms with Crippen LogP contribution >= 0.6 is 11.6 Å². The average Bonchev–Trinajstić information content (AvgIpc) is 2.60. The fourth-order valence-electron chi connectivity index (χ4n) is 1.24. The molecule has 76 valence electrons. The van der Waals surface area contributed by atoms with Crippen molar-refractivity contribution in [3.8, 4) is 11.4 Å². The van der Waals surface area contributed by atoms with Crippen molar-refractivity contribution in [1.82, 2.24) is 9.78 Å². The number of hydrogen-bond donors (Lipinski definition) is 1. The molecule has 1 aromatic heterocycles. The van der Waals surface area contributed by atoms with E-state index in [-0.39, 0.29) is 10.9 Å². The van der Waals surface area contributed by atoms with Crippen LogP contribution in [0.5, 0.6) is 5.75 Å². The number of para-hydroxylation sites is 2. The van der Waals surface area contributed by atoms with Crippen molar-refractivity contribution in [2.24, 2.45) is 0 Å². The van der Waals surface area contributed by atoms with Gasteiger partial charge >= 0.3 is 0 Å². The summed E-state index contributed by atoms with van der Waals surface area (Å²) >= 11 is 5.89. The Morgan fingerprint density at radius 3 is 2.73 bits per heavy atom. The van der Waals surface area contributed by atoms with Crippen LogP contribution < -0.4 is 0 Å². The van der Waals surface area contributed by atoms with Crippen molar-refractivity contribution in [2.75, 3.05) is 0 Å². The summed E-state index contributed by atoms with van der Waals surface area (Å²) in [6.45, 7) is 0. The lowest BCUT2D eigenvalue weighted by Crippen LogP contribution is -1.96. The minimum atomic E-state index is 0.0555. The lowest BCUT2D eigenvalue weighted by Gasteiger charge is -2.04. The minimum absolute atomic E-state index is 0.0555. The molecule has 0 amide bonds. The molecule has 0 saturated heterocycles. The zero-order chi connectivity index (χ0) is 10.8. The van der Waals surface area contributed by atoms with Gasteiger partial charge in [0.25, 0.3) is 0 Å². The van der Waals surface area contributed by atoms with E-state index in [0.29, 0.717) is 17.5 Å². The highest BCUT2D eigenvalue weighted by Crippen LogP contribution is 2.25. The molecule has 0 aliphatic carbocycles. The molecule has 2 aromatic rings. The molecule has 0 unspecified atom stereocenters. The second-order valence-corrected chi connectivity index (χ2v) is 3.27. The van der Waals surface area contributed by atoms with Crippen LogP contribution in [0.3, 0.4) is 0 Å². The first-order valence-corrected chi connectivity index (χ1v) is 4.59. The van der Waals surface area contributed by atoms with Gasteiger partial charge in [-0.3, -0.25) is 4.79 Å². The number of carbonyl (C=O) groups is 1. The van der Waals surface area contributed by atoms with E-state index in [0.717, 1.165) is 0 Å². The van der Waals surface area contributed by atoms with Crippen LogP contribution in [0.2, 0.25) is 5.15 Å². The van der Waals surface area contributed by atoms with Crippen molar-refractivity contribution in [1.29, 1.82) is 0 Å². The molecule has 0 spiro atoms. The van der Waals surface area contributed by atoms with Crippen LogP contribution in [0.1, 0.15) is 10.4 Å². The molecule has 0 aliphatic rings. The molecule has 0 fully saturated rings. The quantitative estimate of drug-likeness (QED) is 0.792. The molecule has 0 radical (unpaired) electrons. The van der Waals surface area contributed by atoms with E-state index < -0.39 is 0 Å². The van der Waals surface area contributed by atoms with Gasteiger partial charge in [0.15, 0.2) is 6.29 Å². The van der Waals surface area contributed by atoms with Gasteiger partial charge < -0.3 is 5.11 Å².